The third kappa shape index (κ3) is 1.30. The first kappa shape index (κ1) is 10.3. The molecule has 3 nitrogen and oxygen atoms in total. The van der Waals surface area contributed by atoms with Crippen LogP contribution in [0.25, 0.3) is 0 Å². The second-order valence-corrected chi connectivity index (χ2v) is 5.00. The van der Waals surface area contributed by atoms with E-state index >= 15 is 0 Å². The predicted molar refractivity (Wildman–Crippen MR) is 56.9 cm³/mol. The van der Waals surface area contributed by atoms with E-state index in [9.17, 15) is 15.3 Å². The van der Waals surface area contributed by atoms with Crippen LogP contribution in [0.3, 0.4) is 0 Å². The van der Waals surface area contributed by atoms with Gasteiger partial charge in [0.25, 0.3) is 0 Å². The summed E-state index contributed by atoms with van der Waals surface area (Å²) in [5, 5.41) is 28.6. The summed E-state index contributed by atoms with van der Waals surface area (Å²) in [4.78, 5) is 0. The molecule has 82 valence electrons. The second-order valence-electron chi connectivity index (χ2n) is 5.00. The van der Waals surface area contributed by atoms with E-state index in [4.69, 9.17) is 0 Å². The average molecular weight is 208 g/mol. The molecule has 1 unspecified atom stereocenters. The zero-order valence-electron chi connectivity index (χ0n) is 8.99. The molecule has 2 rings (SSSR count). The van der Waals surface area contributed by atoms with Gasteiger partial charge >= 0.3 is 0 Å². The minimum absolute atomic E-state index is 0.00296. The van der Waals surface area contributed by atoms with Gasteiger partial charge in [-0.1, -0.05) is 13.8 Å². The lowest BCUT2D eigenvalue weighted by molar-refractivity contribution is 0.228. The highest BCUT2D eigenvalue weighted by molar-refractivity contribution is 5.49. The smallest absolute Gasteiger partial charge is 0.119 e. The van der Waals surface area contributed by atoms with Crippen molar-refractivity contribution < 1.29 is 15.3 Å². The monoisotopic (exact) mass is 208 g/mol. The summed E-state index contributed by atoms with van der Waals surface area (Å²) in [5.41, 5.74) is 0.234. The number of hydrogen-bond donors (Lipinski definition) is 3. The van der Waals surface area contributed by atoms with Crippen molar-refractivity contribution in [1.29, 1.82) is 0 Å². The Morgan fingerprint density at radius 1 is 1.27 bits per heavy atom. The highest BCUT2D eigenvalue weighted by atomic mass is 16.3. The lowest BCUT2D eigenvalue weighted by Crippen LogP contribution is -2.19. The Bertz CT molecular complexity index is 398. The van der Waals surface area contributed by atoms with E-state index in [0.717, 1.165) is 6.42 Å². The summed E-state index contributed by atoms with van der Waals surface area (Å²) in [7, 11) is 0. The van der Waals surface area contributed by atoms with Gasteiger partial charge in [-0.25, -0.2) is 0 Å². The van der Waals surface area contributed by atoms with Crippen LogP contribution in [-0.2, 0) is 5.41 Å². The third-order valence-corrected chi connectivity index (χ3v) is 3.68. The minimum atomic E-state index is -0.393. The van der Waals surface area contributed by atoms with Gasteiger partial charge in [0.2, 0.25) is 0 Å². The molecule has 0 saturated heterocycles. The van der Waals surface area contributed by atoms with Gasteiger partial charge in [-0.05, 0) is 30.0 Å². The summed E-state index contributed by atoms with van der Waals surface area (Å²) in [6, 6.07) is 4.45. The van der Waals surface area contributed by atoms with Crippen molar-refractivity contribution in [3.8, 4) is 11.5 Å². The van der Waals surface area contributed by atoms with Crippen LogP contribution in [0.2, 0.25) is 0 Å². The van der Waals surface area contributed by atoms with E-state index in [-0.39, 0.29) is 23.5 Å². The van der Waals surface area contributed by atoms with Gasteiger partial charge in [-0.2, -0.15) is 0 Å². The predicted octanol–water partition coefficient (Wildman–Crippen LogP) is 1.76. The molecule has 0 bridgehead atoms. The molecule has 0 aliphatic heterocycles. The molecular weight excluding hydrogens is 192 g/mol. The topological polar surface area (TPSA) is 60.7 Å². The van der Waals surface area contributed by atoms with E-state index < -0.39 is 5.41 Å². The Morgan fingerprint density at radius 2 is 1.87 bits per heavy atom. The average Bonchev–Trinajstić information content (AvgIpc) is 2.74. The van der Waals surface area contributed by atoms with Gasteiger partial charge in [0, 0.05) is 11.0 Å². The van der Waals surface area contributed by atoms with Crippen LogP contribution >= 0.6 is 0 Å². The number of benzene rings is 1. The lowest BCUT2D eigenvalue weighted by atomic mass is 9.88. The molecule has 1 fully saturated rings. The van der Waals surface area contributed by atoms with Crippen LogP contribution in [0.5, 0.6) is 11.5 Å². The van der Waals surface area contributed by atoms with Crippen molar-refractivity contribution in [3.05, 3.63) is 23.8 Å². The molecule has 3 heteroatoms. The van der Waals surface area contributed by atoms with Crippen LogP contribution in [0.1, 0.15) is 25.8 Å². The number of phenols is 2. The fourth-order valence-corrected chi connectivity index (χ4v) is 2.43. The molecule has 0 amide bonds. The van der Waals surface area contributed by atoms with Gasteiger partial charge in [-0.3, -0.25) is 0 Å². The zero-order valence-corrected chi connectivity index (χ0v) is 8.99. The van der Waals surface area contributed by atoms with E-state index in [1.54, 1.807) is 6.07 Å². The number of aliphatic hydroxyl groups is 1. The van der Waals surface area contributed by atoms with E-state index in [1.807, 2.05) is 13.8 Å². The quantitative estimate of drug-likeness (QED) is 0.649. The van der Waals surface area contributed by atoms with Gasteiger partial charge in [0.05, 0.1) is 6.61 Å². The van der Waals surface area contributed by atoms with Crippen LogP contribution in [0.4, 0.5) is 0 Å². The van der Waals surface area contributed by atoms with Crippen LogP contribution in [0, 0.1) is 5.41 Å². The molecular formula is C12H16O3. The molecule has 1 atom stereocenters. The number of aromatic hydroxyl groups is 2. The minimum Gasteiger partial charge on any atom is -0.508 e. The van der Waals surface area contributed by atoms with E-state index in [1.165, 1.54) is 12.1 Å². The third-order valence-electron chi connectivity index (χ3n) is 3.68. The highest BCUT2D eigenvalue weighted by Crippen LogP contribution is 2.65. The van der Waals surface area contributed by atoms with Crippen molar-refractivity contribution in [2.24, 2.45) is 5.41 Å². The largest absolute Gasteiger partial charge is 0.508 e. The molecule has 0 spiro atoms. The van der Waals surface area contributed by atoms with Crippen LogP contribution in [0.15, 0.2) is 18.2 Å². The van der Waals surface area contributed by atoms with Crippen LogP contribution < -0.4 is 0 Å². The first-order valence-electron chi connectivity index (χ1n) is 5.06. The number of aliphatic hydroxyl groups excluding tert-OH is 1. The second kappa shape index (κ2) is 2.89. The van der Waals surface area contributed by atoms with Crippen molar-refractivity contribution in [1.82, 2.24) is 0 Å². The molecule has 1 aromatic carbocycles. The van der Waals surface area contributed by atoms with Crippen molar-refractivity contribution in [2.75, 3.05) is 6.61 Å². The number of rotatable bonds is 2. The first-order chi connectivity index (χ1) is 6.93. The Kier molecular flexibility index (Phi) is 1.98. The standard InChI is InChI=1S/C12H16O3/c1-11(2)6-12(11,7-13)9-5-8(14)3-4-10(9)15/h3-5,13-15H,6-7H2,1-2H3. The fraction of sp³-hybridized carbons (Fsp3) is 0.500. The van der Waals surface area contributed by atoms with Crippen molar-refractivity contribution >= 4 is 0 Å². The Labute approximate surface area is 89.0 Å². The van der Waals surface area contributed by atoms with Gasteiger partial charge < -0.3 is 15.3 Å². The normalized spacial score (nSPS) is 27.7. The first-order valence-corrected chi connectivity index (χ1v) is 5.06. The zero-order chi connectivity index (χ0) is 11.3. The fourth-order valence-electron chi connectivity index (χ4n) is 2.43. The van der Waals surface area contributed by atoms with Gasteiger partial charge in [-0.15, -0.1) is 0 Å². The Balaban J connectivity index is 2.50. The lowest BCUT2D eigenvalue weighted by Gasteiger charge is -2.19. The number of phenolic OH excluding ortho intramolecular Hbond substituents is 2. The van der Waals surface area contributed by atoms with Crippen molar-refractivity contribution in [2.45, 2.75) is 25.7 Å². The van der Waals surface area contributed by atoms with Gasteiger partial charge in [0.15, 0.2) is 0 Å². The Morgan fingerprint density at radius 3 is 2.33 bits per heavy atom. The molecule has 1 aliphatic carbocycles. The van der Waals surface area contributed by atoms with Crippen LogP contribution in [-0.4, -0.2) is 21.9 Å². The molecule has 15 heavy (non-hydrogen) atoms. The maximum absolute atomic E-state index is 9.75. The van der Waals surface area contributed by atoms with Gasteiger partial charge in [0.1, 0.15) is 11.5 Å². The maximum Gasteiger partial charge on any atom is 0.119 e. The molecule has 0 radical (unpaired) electrons. The van der Waals surface area contributed by atoms with E-state index in [2.05, 4.69) is 0 Å². The molecule has 0 aromatic heterocycles. The number of hydrogen-bond acceptors (Lipinski definition) is 3. The van der Waals surface area contributed by atoms with Crippen molar-refractivity contribution in [3.63, 3.8) is 0 Å². The maximum atomic E-state index is 9.75. The summed E-state index contributed by atoms with van der Waals surface area (Å²) >= 11 is 0. The SMILES string of the molecule is CC1(C)CC1(CO)c1cc(O)ccc1O. The molecule has 3 N–H and O–H groups in total. The molecule has 1 aliphatic rings. The molecule has 1 saturated carbocycles. The molecule has 1 aromatic rings. The summed E-state index contributed by atoms with van der Waals surface area (Å²) in [5.74, 6) is 0.269. The Hall–Kier alpha value is -1.22. The molecule has 0 heterocycles. The summed E-state index contributed by atoms with van der Waals surface area (Å²) < 4.78 is 0. The summed E-state index contributed by atoms with van der Waals surface area (Å²) in [6.45, 7) is 4.09. The van der Waals surface area contributed by atoms with E-state index in [0.29, 0.717) is 5.56 Å². The summed E-state index contributed by atoms with van der Waals surface area (Å²) in [6.07, 6.45) is 0.827. The highest BCUT2D eigenvalue weighted by Gasteiger charge is 2.62.